The summed E-state index contributed by atoms with van der Waals surface area (Å²) < 4.78 is 26.1. The summed E-state index contributed by atoms with van der Waals surface area (Å²) in [6.07, 6.45) is 0.739. The Morgan fingerprint density at radius 1 is 1.33 bits per heavy atom. The maximum Gasteiger partial charge on any atom is 0.170 e. The van der Waals surface area contributed by atoms with Crippen LogP contribution in [-0.2, 0) is 0 Å². The van der Waals surface area contributed by atoms with Crippen LogP contribution in [0, 0.1) is 23.0 Å². The van der Waals surface area contributed by atoms with Crippen LogP contribution >= 0.6 is 0 Å². The van der Waals surface area contributed by atoms with E-state index in [1.54, 1.807) is 0 Å². The number of hydrogen-bond donors (Lipinski definition) is 1. The van der Waals surface area contributed by atoms with Gasteiger partial charge < -0.3 is 5.32 Å². The van der Waals surface area contributed by atoms with E-state index in [1.807, 2.05) is 13.8 Å². The second kappa shape index (κ2) is 4.76. The smallest absolute Gasteiger partial charge is 0.170 e. The van der Waals surface area contributed by atoms with Gasteiger partial charge in [-0.15, -0.1) is 0 Å². The monoisotopic (exact) mass is 253 g/mol. The van der Waals surface area contributed by atoms with Crippen LogP contribution in [0.4, 0.5) is 8.78 Å². The number of benzene rings is 1. The molecule has 1 aromatic rings. The fourth-order valence-electron chi connectivity index (χ4n) is 2.58. The predicted molar refractivity (Wildman–Crippen MR) is 65.4 cm³/mol. The van der Waals surface area contributed by atoms with Gasteiger partial charge in [0.15, 0.2) is 17.4 Å². The number of rotatable bonds is 3. The summed E-state index contributed by atoms with van der Waals surface area (Å²) in [7, 11) is 0. The zero-order valence-corrected chi connectivity index (χ0v) is 10.6. The lowest BCUT2D eigenvalue weighted by molar-refractivity contribution is 0.0739. The van der Waals surface area contributed by atoms with E-state index in [9.17, 15) is 13.6 Å². The Labute approximate surface area is 105 Å². The number of carbonyl (C=O) groups is 1. The van der Waals surface area contributed by atoms with Crippen molar-refractivity contribution in [2.45, 2.75) is 20.3 Å². The minimum absolute atomic E-state index is 0.0959. The third kappa shape index (κ3) is 2.05. The molecule has 1 aliphatic rings. The fraction of sp³-hybridized carbons (Fsp3) is 0.500. The van der Waals surface area contributed by atoms with Crippen molar-refractivity contribution in [3.63, 3.8) is 0 Å². The van der Waals surface area contributed by atoms with Crippen LogP contribution < -0.4 is 5.32 Å². The van der Waals surface area contributed by atoms with Gasteiger partial charge in [0.1, 0.15) is 0 Å². The molecule has 1 heterocycles. The summed E-state index contributed by atoms with van der Waals surface area (Å²) in [4.78, 5) is 12.5. The molecule has 18 heavy (non-hydrogen) atoms. The summed E-state index contributed by atoms with van der Waals surface area (Å²) in [5.41, 5.74) is -0.240. The topological polar surface area (TPSA) is 29.1 Å². The molecular formula is C14H17F2NO. The molecule has 1 atom stereocenters. The number of hydrogen-bond acceptors (Lipinski definition) is 2. The van der Waals surface area contributed by atoms with Gasteiger partial charge in [0, 0.05) is 17.5 Å². The molecule has 0 bridgehead atoms. The maximum absolute atomic E-state index is 13.2. The highest BCUT2D eigenvalue weighted by Crippen LogP contribution is 2.37. The quantitative estimate of drug-likeness (QED) is 0.839. The average molecular weight is 253 g/mol. The lowest BCUT2D eigenvalue weighted by Gasteiger charge is -2.31. The predicted octanol–water partition coefficient (Wildman–Crippen LogP) is 2.78. The second-order valence-corrected chi connectivity index (χ2v) is 5.20. The molecule has 1 unspecified atom stereocenters. The van der Waals surface area contributed by atoms with E-state index in [1.165, 1.54) is 6.07 Å². The third-order valence-electron chi connectivity index (χ3n) is 3.93. The lowest BCUT2D eigenvalue weighted by Crippen LogP contribution is -2.38. The van der Waals surface area contributed by atoms with E-state index >= 15 is 0 Å². The van der Waals surface area contributed by atoms with Gasteiger partial charge in [-0.3, -0.25) is 4.79 Å². The maximum atomic E-state index is 13.2. The van der Waals surface area contributed by atoms with Gasteiger partial charge in [-0.2, -0.15) is 0 Å². The lowest BCUT2D eigenvalue weighted by atomic mass is 9.71. The summed E-state index contributed by atoms with van der Waals surface area (Å²) >= 11 is 0. The van der Waals surface area contributed by atoms with Crippen molar-refractivity contribution in [3.8, 4) is 0 Å². The van der Waals surface area contributed by atoms with E-state index in [0.29, 0.717) is 6.54 Å². The minimum Gasteiger partial charge on any atom is -0.316 e. The molecule has 1 aliphatic heterocycles. The van der Waals surface area contributed by atoms with E-state index in [-0.39, 0.29) is 17.3 Å². The van der Waals surface area contributed by atoms with Gasteiger partial charge in [-0.05, 0) is 37.1 Å². The molecule has 0 aliphatic carbocycles. The van der Waals surface area contributed by atoms with E-state index in [0.717, 1.165) is 25.1 Å². The van der Waals surface area contributed by atoms with Crippen LogP contribution in [-0.4, -0.2) is 18.9 Å². The Morgan fingerprint density at radius 3 is 2.56 bits per heavy atom. The molecule has 1 fully saturated rings. The van der Waals surface area contributed by atoms with Crippen molar-refractivity contribution in [2.75, 3.05) is 13.1 Å². The number of ketones is 1. The van der Waals surface area contributed by atoms with Crippen LogP contribution in [0.1, 0.15) is 30.6 Å². The highest BCUT2D eigenvalue weighted by atomic mass is 19.2. The first kappa shape index (κ1) is 13.1. The molecule has 0 aromatic heterocycles. The Bertz CT molecular complexity index is 465. The molecule has 0 radical (unpaired) electrons. The van der Waals surface area contributed by atoms with Crippen molar-refractivity contribution in [1.82, 2.24) is 5.32 Å². The standard InChI is InChI=1S/C14H17F2NO/c1-9(2)14(5-6-17-8-14)13(18)10-3-4-11(15)12(16)7-10/h3-4,7,9,17H,5-6,8H2,1-2H3. The number of Topliss-reactive ketones (excluding diaryl/α,β-unsaturated/α-hetero) is 1. The van der Waals surface area contributed by atoms with Crippen molar-refractivity contribution in [2.24, 2.45) is 11.3 Å². The number of halogens is 2. The van der Waals surface area contributed by atoms with Crippen LogP contribution in [0.5, 0.6) is 0 Å². The van der Waals surface area contributed by atoms with Gasteiger partial charge in [-0.1, -0.05) is 13.8 Å². The van der Waals surface area contributed by atoms with Crippen molar-refractivity contribution >= 4 is 5.78 Å². The Morgan fingerprint density at radius 2 is 2.06 bits per heavy atom. The Kier molecular flexibility index (Phi) is 3.48. The van der Waals surface area contributed by atoms with Gasteiger partial charge in [0.25, 0.3) is 0 Å². The van der Waals surface area contributed by atoms with Crippen LogP contribution in [0.15, 0.2) is 18.2 Å². The Hall–Kier alpha value is -1.29. The molecule has 2 rings (SSSR count). The molecule has 0 spiro atoms. The zero-order chi connectivity index (χ0) is 13.3. The first-order valence-corrected chi connectivity index (χ1v) is 6.18. The van der Waals surface area contributed by atoms with Crippen LogP contribution in [0.2, 0.25) is 0 Å². The molecule has 4 heteroatoms. The molecule has 0 amide bonds. The summed E-state index contributed by atoms with van der Waals surface area (Å²) in [6, 6.07) is 3.38. The summed E-state index contributed by atoms with van der Waals surface area (Å²) in [5, 5.41) is 3.18. The summed E-state index contributed by atoms with van der Waals surface area (Å²) in [6.45, 7) is 5.37. The largest absolute Gasteiger partial charge is 0.316 e. The molecular weight excluding hydrogens is 236 g/mol. The van der Waals surface area contributed by atoms with Crippen LogP contribution in [0.25, 0.3) is 0 Å². The van der Waals surface area contributed by atoms with Crippen molar-refractivity contribution < 1.29 is 13.6 Å². The first-order chi connectivity index (χ1) is 8.47. The molecule has 1 aromatic carbocycles. The first-order valence-electron chi connectivity index (χ1n) is 6.18. The van der Waals surface area contributed by atoms with Gasteiger partial charge in [0.05, 0.1) is 0 Å². The number of nitrogens with one attached hydrogen (secondary N) is 1. The minimum atomic E-state index is -0.967. The van der Waals surface area contributed by atoms with Crippen LogP contribution in [0.3, 0.4) is 0 Å². The Balaban J connectivity index is 2.37. The van der Waals surface area contributed by atoms with E-state index in [2.05, 4.69) is 5.32 Å². The van der Waals surface area contributed by atoms with Crippen molar-refractivity contribution in [1.29, 1.82) is 0 Å². The zero-order valence-electron chi connectivity index (χ0n) is 10.6. The average Bonchev–Trinajstić information content (AvgIpc) is 2.82. The fourth-order valence-corrected chi connectivity index (χ4v) is 2.58. The van der Waals surface area contributed by atoms with Gasteiger partial charge in [-0.25, -0.2) is 8.78 Å². The molecule has 98 valence electrons. The molecule has 0 saturated carbocycles. The van der Waals surface area contributed by atoms with Gasteiger partial charge in [0.2, 0.25) is 0 Å². The molecule has 2 nitrogen and oxygen atoms in total. The summed E-state index contributed by atoms with van der Waals surface area (Å²) in [5.74, 6) is -1.82. The van der Waals surface area contributed by atoms with Gasteiger partial charge >= 0.3 is 0 Å². The highest BCUT2D eigenvalue weighted by molar-refractivity contribution is 6.01. The van der Waals surface area contributed by atoms with E-state index in [4.69, 9.17) is 0 Å². The normalized spacial score (nSPS) is 23.6. The number of carbonyl (C=O) groups excluding carboxylic acids is 1. The van der Waals surface area contributed by atoms with E-state index < -0.39 is 17.0 Å². The molecule has 1 saturated heterocycles. The second-order valence-electron chi connectivity index (χ2n) is 5.20. The molecule has 1 N–H and O–H groups in total. The highest BCUT2D eigenvalue weighted by Gasteiger charge is 2.44. The SMILES string of the molecule is CC(C)C1(C(=O)c2ccc(F)c(F)c2)CCNC1. The van der Waals surface area contributed by atoms with Crippen molar-refractivity contribution in [3.05, 3.63) is 35.4 Å². The third-order valence-corrected chi connectivity index (χ3v) is 3.93.